The summed E-state index contributed by atoms with van der Waals surface area (Å²) in [6.07, 6.45) is 1.06. The predicted molar refractivity (Wildman–Crippen MR) is 125 cm³/mol. The van der Waals surface area contributed by atoms with Gasteiger partial charge in [0.25, 0.3) is 0 Å². The molecule has 0 saturated heterocycles. The van der Waals surface area contributed by atoms with Crippen LogP contribution in [0.25, 0.3) is 22.0 Å². The van der Waals surface area contributed by atoms with Crippen LogP contribution in [-0.4, -0.2) is 54.2 Å². The Morgan fingerprint density at radius 3 is 2.42 bits per heavy atom. The minimum Gasteiger partial charge on any atom is -0.378 e. The largest absolute Gasteiger partial charge is 0.378 e. The molecule has 2 heterocycles. The summed E-state index contributed by atoms with van der Waals surface area (Å²) in [6.45, 7) is 3.21. The Morgan fingerprint density at radius 1 is 1.19 bits per heavy atom. The molecule has 0 aliphatic rings. The van der Waals surface area contributed by atoms with Gasteiger partial charge in [-0.05, 0) is 38.0 Å². The maximum Gasteiger partial charge on any atom is 0.231 e. The Bertz CT molecular complexity index is 1330. The molecule has 3 aromatic rings. The highest BCUT2D eigenvalue weighted by atomic mass is 35.5. The number of nitrogens with zero attached hydrogens (tertiary/aromatic N) is 4. The zero-order valence-corrected chi connectivity index (χ0v) is 19.7. The molecular formula is C21H24ClN5O3S. The van der Waals surface area contributed by atoms with Crippen LogP contribution >= 0.6 is 11.6 Å². The van der Waals surface area contributed by atoms with E-state index in [9.17, 15) is 13.5 Å². The van der Waals surface area contributed by atoms with Gasteiger partial charge in [-0.15, -0.1) is 0 Å². The van der Waals surface area contributed by atoms with Crippen molar-refractivity contribution < 1.29 is 13.5 Å². The highest BCUT2D eigenvalue weighted by Gasteiger charge is 2.21. The van der Waals surface area contributed by atoms with Crippen molar-refractivity contribution in [1.82, 2.24) is 14.8 Å². The van der Waals surface area contributed by atoms with Crippen molar-refractivity contribution in [3.05, 3.63) is 35.0 Å². The third kappa shape index (κ3) is 5.10. The Morgan fingerprint density at radius 2 is 1.84 bits per heavy atom. The number of benzene rings is 1. The zero-order valence-electron chi connectivity index (χ0n) is 18.1. The first-order valence-corrected chi connectivity index (χ1v) is 11.6. The number of anilines is 2. The van der Waals surface area contributed by atoms with Crippen molar-refractivity contribution in [2.45, 2.75) is 19.4 Å². The molecular weight excluding hydrogens is 438 g/mol. The summed E-state index contributed by atoms with van der Waals surface area (Å²) in [6, 6.07) is 7.21. The molecule has 2 aromatic heterocycles. The molecule has 0 atom stereocenters. The molecule has 3 rings (SSSR count). The number of halogens is 1. The second-order valence-corrected chi connectivity index (χ2v) is 10.1. The molecule has 10 heteroatoms. The highest BCUT2D eigenvalue weighted by Crippen LogP contribution is 2.39. The van der Waals surface area contributed by atoms with Gasteiger partial charge >= 0.3 is 0 Å². The Hall–Kier alpha value is -2.80. The maximum atomic E-state index is 11.8. The quantitative estimate of drug-likeness (QED) is 0.579. The summed E-state index contributed by atoms with van der Waals surface area (Å²) in [5.41, 5.74) is 1.64. The van der Waals surface area contributed by atoms with E-state index in [1.165, 1.54) is 0 Å². The van der Waals surface area contributed by atoms with Crippen molar-refractivity contribution in [2.75, 3.05) is 30.0 Å². The van der Waals surface area contributed by atoms with Crippen LogP contribution in [0.3, 0.4) is 0 Å². The summed E-state index contributed by atoms with van der Waals surface area (Å²) >= 11 is 6.42. The third-order valence-electron chi connectivity index (χ3n) is 4.30. The molecule has 0 unspecified atom stereocenters. The minimum absolute atomic E-state index is 0.166. The van der Waals surface area contributed by atoms with Gasteiger partial charge in [-0.25, -0.2) is 13.4 Å². The third-order valence-corrected chi connectivity index (χ3v) is 5.18. The van der Waals surface area contributed by atoms with E-state index >= 15 is 0 Å². The fourth-order valence-corrected chi connectivity index (χ4v) is 3.86. The molecule has 1 aromatic carbocycles. The van der Waals surface area contributed by atoms with Crippen LogP contribution in [0.15, 0.2) is 24.3 Å². The monoisotopic (exact) mass is 461 g/mol. The number of fused-ring (bicyclic) bond motifs is 1. The maximum absolute atomic E-state index is 11.8. The molecule has 0 saturated carbocycles. The number of nitrogens with one attached hydrogen (secondary N) is 1. The molecule has 0 aliphatic carbocycles. The fraction of sp³-hybridized carbons (Fsp3) is 0.333. The van der Waals surface area contributed by atoms with Crippen LogP contribution in [0.4, 0.5) is 11.6 Å². The Kier molecular flexibility index (Phi) is 5.93. The molecule has 31 heavy (non-hydrogen) atoms. The summed E-state index contributed by atoms with van der Waals surface area (Å²) in [4.78, 5) is 6.50. The van der Waals surface area contributed by atoms with Gasteiger partial charge in [0.05, 0.1) is 22.2 Å². The van der Waals surface area contributed by atoms with Crippen molar-refractivity contribution in [1.29, 1.82) is 0 Å². The number of pyridine rings is 1. The van der Waals surface area contributed by atoms with E-state index in [2.05, 4.69) is 26.6 Å². The average Bonchev–Trinajstić information content (AvgIpc) is 2.95. The Balaban J connectivity index is 2.26. The van der Waals surface area contributed by atoms with Gasteiger partial charge in [-0.3, -0.25) is 9.40 Å². The molecule has 164 valence electrons. The van der Waals surface area contributed by atoms with Crippen LogP contribution in [0.1, 0.15) is 19.5 Å². The average molecular weight is 462 g/mol. The van der Waals surface area contributed by atoms with Crippen LogP contribution in [-0.2, 0) is 17.1 Å². The smallest absolute Gasteiger partial charge is 0.231 e. The molecule has 0 bridgehead atoms. The van der Waals surface area contributed by atoms with Crippen LogP contribution in [0, 0.1) is 11.8 Å². The van der Waals surface area contributed by atoms with E-state index in [1.54, 1.807) is 37.7 Å². The van der Waals surface area contributed by atoms with E-state index in [-0.39, 0.29) is 5.82 Å². The van der Waals surface area contributed by atoms with Gasteiger partial charge in [0.2, 0.25) is 10.0 Å². The molecule has 0 fully saturated rings. The molecule has 0 radical (unpaired) electrons. The lowest BCUT2D eigenvalue weighted by molar-refractivity contribution is 0.143. The van der Waals surface area contributed by atoms with Crippen LogP contribution in [0.2, 0.25) is 5.02 Å². The molecule has 0 aliphatic heterocycles. The van der Waals surface area contributed by atoms with Gasteiger partial charge < -0.3 is 10.0 Å². The normalized spacial score (nSPS) is 11.9. The first kappa shape index (κ1) is 22.9. The van der Waals surface area contributed by atoms with Crippen molar-refractivity contribution in [3.8, 4) is 23.0 Å². The molecule has 2 N–H and O–H groups in total. The first-order chi connectivity index (χ1) is 14.3. The van der Waals surface area contributed by atoms with Crippen molar-refractivity contribution in [3.63, 3.8) is 0 Å². The summed E-state index contributed by atoms with van der Waals surface area (Å²) in [5, 5.41) is 15.1. The van der Waals surface area contributed by atoms with Crippen LogP contribution in [0.5, 0.6) is 0 Å². The summed E-state index contributed by atoms with van der Waals surface area (Å²) in [5.74, 6) is 6.48. The predicted octanol–water partition coefficient (Wildman–Crippen LogP) is 2.85. The first-order valence-electron chi connectivity index (χ1n) is 9.34. The lowest BCUT2D eigenvalue weighted by Gasteiger charge is -2.18. The summed E-state index contributed by atoms with van der Waals surface area (Å²) < 4.78 is 27.6. The van der Waals surface area contributed by atoms with Gasteiger partial charge in [-0.1, -0.05) is 23.6 Å². The number of aliphatic hydroxyl groups is 1. The fourth-order valence-electron chi connectivity index (χ4n) is 3.13. The number of sulfonamides is 1. The second-order valence-electron chi connectivity index (χ2n) is 7.94. The number of rotatable bonds is 4. The van der Waals surface area contributed by atoms with E-state index in [1.807, 2.05) is 31.1 Å². The molecule has 8 nitrogen and oxygen atoms in total. The van der Waals surface area contributed by atoms with Crippen molar-refractivity contribution in [2.24, 2.45) is 7.05 Å². The van der Waals surface area contributed by atoms with Crippen LogP contribution < -0.4 is 9.62 Å². The van der Waals surface area contributed by atoms with Gasteiger partial charge in [0, 0.05) is 32.3 Å². The highest BCUT2D eigenvalue weighted by molar-refractivity contribution is 7.92. The van der Waals surface area contributed by atoms with Crippen molar-refractivity contribution >= 4 is 44.2 Å². The zero-order chi connectivity index (χ0) is 23.1. The summed E-state index contributed by atoms with van der Waals surface area (Å²) in [7, 11) is 1.92. The minimum atomic E-state index is -3.54. The standard InChI is InChI=1S/C21H24ClN5O3S/c1-21(2,28)12-11-13-7-8-15(20(23-13)26(3)4)14-9-10-16(22)17-18(14)27(5)24-19(17)25-31(6,29)30/h7-10,28H,1-6H3,(H,24,25). The number of hydrogen-bond donors (Lipinski definition) is 2. The number of hydrogen-bond acceptors (Lipinski definition) is 6. The van der Waals surface area contributed by atoms with Gasteiger partial charge in [-0.2, -0.15) is 5.10 Å². The lowest BCUT2D eigenvalue weighted by Crippen LogP contribution is -2.15. The number of aryl methyl sites for hydroxylation is 1. The van der Waals surface area contributed by atoms with E-state index < -0.39 is 15.6 Å². The van der Waals surface area contributed by atoms with Gasteiger partial charge in [0.15, 0.2) is 5.82 Å². The second kappa shape index (κ2) is 8.04. The Labute approximate surface area is 186 Å². The van der Waals surface area contributed by atoms with E-state index in [0.717, 1.165) is 17.4 Å². The lowest BCUT2D eigenvalue weighted by atomic mass is 10.0. The topological polar surface area (TPSA) is 100 Å². The van der Waals surface area contributed by atoms with Gasteiger partial charge in [0.1, 0.15) is 17.1 Å². The molecule has 0 spiro atoms. The molecule has 0 amide bonds. The SMILES string of the molecule is CN(C)c1nc(C#CC(C)(C)O)ccc1-c1ccc(Cl)c2c(NS(C)(=O)=O)nn(C)c12. The van der Waals surface area contributed by atoms with E-state index in [0.29, 0.717) is 27.4 Å². The number of aromatic nitrogens is 3. The van der Waals surface area contributed by atoms with E-state index in [4.69, 9.17) is 11.6 Å².